The first-order valence-corrected chi connectivity index (χ1v) is 8.80. The molecule has 2 aromatic carbocycles. The number of esters is 1. The zero-order valence-electron chi connectivity index (χ0n) is 12.5. The van der Waals surface area contributed by atoms with Crippen LogP contribution in [0.25, 0.3) is 0 Å². The summed E-state index contributed by atoms with van der Waals surface area (Å²) in [5.41, 5.74) is 1.16. The predicted molar refractivity (Wildman–Crippen MR) is 87.9 cm³/mol. The number of hydrogen-bond acceptors (Lipinski definition) is 4. The van der Waals surface area contributed by atoms with Crippen LogP contribution in [0.1, 0.15) is 22.8 Å². The maximum atomic E-state index is 12.1. The Morgan fingerprint density at radius 1 is 1.09 bits per heavy atom. The van der Waals surface area contributed by atoms with Gasteiger partial charge in [-0.25, -0.2) is 17.9 Å². The molecule has 0 aliphatic heterocycles. The van der Waals surface area contributed by atoms with Crippen LogP contribution in [0.4, 0.5) is 0 Å². The fourth-order valence-corrected chi connectivity index (χ4v) is 2.99. The van der Waals surface area contributed by atoms with E-state index in [1.165, 1.54) is 24.3 Å². The standard InChI is InChI=1S/C16H16ClNO4S/c1-2-22-16(19)13-5-3-12(4-6-13)11-18-23(20,21)15-9-7-14(17)8-10-15/h3-10,18H,2,11H2,1H3. The highest BCUT2D eigenvalue weighted by Gasteiger charge is 2.13. The number of nitrogens with one attached hydrogen (secondary N) is 1. The molecule has 5 nitrogen and oxygen atoms in total. The van der Waals surface area contributed by atoms with Gasteiger partial charge in [0.2, 0.25) is 10.0 Å². The topological polar surface area (TPSA) is 72.5 Å². The number of ether oxygens (including phenoxy) is 1. The van der Waals surface area contributed by atoms with Gasteiger partial charge < -0.3 is 4.74 Å². The van der Waals surface area contributed by atoms with E-state index in [1.807, 2.05) is 0 Å². The molecule has 0 heterocycles. The molecule has 7 heteroatoms. The van der Waals surface area contributed by atoms with Crippen LogP contribution in [-0.4, -0.2) is 21.0 Å². The van der Waals surface area contributed by atoms with Crippen molar-refractivity contribution in [2.75, 3.05) is 6.61 Å². The number of hydrogen-bond donors (Lipinski definition) is 1. The van der Waals surface area contributed by atoms with Crippen LogP contribution in [0.3, 0.4) is 0 Å². The maximum Gasteiger partial charge on any atom is 0.338 e. The molecule has 0 spiro atoms. The maximum absolute atomic E-state index is 12.1. The van der Waals surface area contributed by atoms with Crippen molar-refractivity contribution >= 4 is 27.6 Å². The van der Waals surface area contributed by atoms with Crippen molar-refractivity contribution in [2.45, 2.75) is 18.4 Å². The third-order valence-corrected chi connectivity index (χ3v) is 4.72. The molecule has 0 saturated heterocycles. The molecular weight excluding hydrogens is 338 g/mol. The van der Waals surface area contributed by atoms with Gasteiger partial charge in [-0.15, -0.1) is 0 Å². The van der Waals surface area contributed by atoms with Crippen molar-refractivity contribution in [1.82, 2.24) is 4.72 Å². The molecule has 0 unspecified atom stereocenters. The minimum absolute atomic E-state index is 0.119. The molecule has 0 aromatic heterocycles. The van der Waals surface area contributed by atoms with Gasteiger partial charge in [-0.1, -0.05) is 23.7 Å². The van der Waals surface area contributed by atoms with Crippen LogP contribution < -0.4 is 4.72 Å². The molecule has 2 rings (SSSR count). The third-order valence-electron chi connectivity index (χ3n) is 3.06. The van der Waals surface area contributed by atoms with Crippen LogP contribution in [0.15, 0.2) is 53.4 Å². The van der Waals surface area contributed by atoms with Crippen LogP contribution in [0, 0.1) is 0 Å². The first kappa shape index (κ1) is 17.5. The number of carbonyl (C=O) groups excluding carboxylic acids is 1. The smallest absolute Gasteiger partial charge is 0.338 e. The fourth-order valence-electron chi connectivity index (χ4n) is 1.85. The summed E-state index contributed by atoms with van der Waals surface area (Å²) in [4.78, 5) is 11.7. The van der Waals surface area contributed by atoms with E-state index in [0.717, 1.165) is 5.56 Å². The highest BCUT2D eigenvalue weighted by molar-refractivity contribution is 7.89. The SMILES string of the molecule is CCOC(=O)c1ccc(CNS(=O)(=O)c2ccc(Cl)cc2)cc1. The third kappa shape index (κ3) is 4.79. The monoisotopic (exact) mass is 353 g/mol. The summed E-state index contributed by atoms with van der Waals surface area (Å²) >= 11 is 5.74. The van der Waals surface area contributed by atoms with Gasteiger partial charge in [0.1, 0.15) is 0 Å². The highest BCUT2D eigenvalue weighted by Crippen LogP contribution is 2.14. The van der Waals surface area contributed by atoms with Gasteiger partial charge in [0.05, 0.1) is 17.1 Å². The molecule has 2 aromatic rings. The van der Waals surface area contributed by atoms with E-state index in [0.29, 0.717) is 17.2 Å². The molecular formula is C16H16ClNO4S. The summed E-state index contributed by atoms with van der Waals surface area (Å²) in [6, 6.07) is 12.5. The Labute approximate surface area is 140 Å². The van der Waals surface area contributed by atoms with E-state index >= 15 is 0 Å². The summed E-state index contributed by atoms with van der Waals surface area (Å²) in [5.74, 6) is -0.402. The fraction of sp³-hybridized carbons (Fsp3) is 0.188. The summed E-state index contributed by atoms with van der Waals surface area (Å²) in [7, 11) is -3.61. The number of rotatable bonds is 6. The summed E-state index contributed by atoms with van der Waals surface area (Å²) in [6.07, 6.45) is 0. The van der Waals surface area contributed by atoms with Crippen LogP contribution in [0.5, 0.6) is 0 Å². The van der Waals surface area contributed by atoms with Crippen LogP contribution >= 0.6 is 11.6 Å². The van der Waals surface area contributed by atoms with Gasteiger partial charge in [-0.2, -0.15) is 0 Å². The largest absolute Gasteiger partial charge is 0.462 e. The van der Waals surface area contributed by atoms with Crippen LogP contribution in [0.2, 0.25) is 5.02 Å². The van der Waals surface area contributed by atoms with Crippen LogP contribution in [-0.2, 0) is 21.3 Å². The molecule has 0 aliphatic carbocycles. The first-order valence-electron chi connectivity index (χ1n) is 6.93. The lowest BCUT2D eigenvalue weighted by molar-refractivity contribution is 0.0526. The quantitative estimate of drug-likeness (QED) is 0.810. The second-order valence-electron chi connectivity index (χ2n) is 4.70. The molecule has 0 radical (unpaired) electrons. The minimum Gasteiger partial charge on any atom is -0.462 e. The molecule has 0 fully saturated rings. The van der Waals surface area contributed by atoms with Gasteiger partial charge in [-0.05, 0) is 48.9 Å². The van der Waals surface area contributed by atoms with Crippen molar-refractivity contribution in [3.63, 3.8) is 0 Å². The van der Waals surface area contributed by atoms with Gasteiger partial charge in [0.15, 0.2) is 0 Å². The predicted octanol–water partition coefficient (Wildman–Crippen LogP) is 3.00. The average Bonchev–Trinajstić information content (AvgIpc) is 2.54. The molecule has 0 saturated carbocycles. The minimum atomic E-state index is -3.61. The van der Waals surface area contributed by atoms with Crippen molar-refractivity contribution in [3.8, 4) is 0 Å². The highest BCUT2D eigenvalue weighted by atomic mass is 35.5. The Kier molecular flexibility index (Phi) is 5.76. The zero-order chi connectivity index (χ0) is 16.9. The number of halogens is 1. The Balaban J connectivity index is 2.02. The normalized spacial score (nSPS) is 11.2. The first-order chi connectivity index (χ1) is 10.9. The van der Waals surface area contributed by atoms with Crippen molar-refractivity contribution < 1.29 is 17.9 Å². The van der Waals surface area contributed by atoms with E-state index < -0.39 is 16.0 Å². The number of sulfonamides is 1. The van der Waals surface area contributed by atoms with E-state index in [4.69, 9.17) is 16.3 Å². The number of carbonyl (C=O) groups is 1. The zero-order valence-corrected chi connectivity index (χ0v) is 14.0. The lowest BCUT2D eigenvalue weighted by Gasteiger charge is -2.08. The van der Waals surface area contributed by atoms with E-state index in [-0.39, 0.29) is 11.4 Å². The summed E-state index contributed by atoms with van der Waals surface area (Å²) in [6.45, 7) is 2.16. The Bertz CT molecular complexity index is 771. The lowest BCUT2D eigenvalue weighted by atomic mass is 10.1. The molecule has 122 valence electrons. The van der Waals surface area contributed by atoms with Crippen molar-refractivity contribution in [2.24, 2.45) is 0 Å². The number of benzene rings is 2. The van der Waals surface area contributed by atoms with E-state index in [9.17, 15) is 13.2 Å². The van der Waals surface area contributed by atoms with Crippen molar-refractivity contribution in [3.05, 3.63) is 64.7 Å². The Hall–Kier alpha value is -1.89. The lowest BCUT2D eigenvalue weighted by Crippen LogP contribution is -2.23. The average molecular weight is 354 g/mol. The van der Waals surface area contributed by atoms with Gasteiger partial charge in [-0.3, -0.25) is 0 Å². The molecule has 0 bridgehead atoms. The molecule has 23 heavy (non-hydrogen) atoms. The van der Waals surface area contributed by atoms with Crippen molar-refractivity contribution in [1.29, 1.82) is 0 Å². The van der Waals surface area contributed by atoms with Gasteiger partial charge in [0, 0.05) is 11.6 Å². The van der Waals surface area contributed by atoms with E-state index in [1.54, 1.807) is 31.2 Å². The molecule has 1 N–H and O–H groups in total. The Morgan fingerprint density at radius 3 is 2.26 bits per heavy atom. The Morgan fingerprint density at radius 2 is 1.70 bits per heavy atom. The molecule has 0 amide bonds. The van der Waals surface area contributed by atoms with E-state index in [2.05, 4.69) is 4.72 Å². The molecule has 0 atom stereocenters. The summed E-state index contributed by atoms with van der Waals surface area (Å²) < 4.78 is 31.7. The van der Waals surface area contributed by atoms with Gasteiger partial charge in [0.25, 0.3) is 0 Å². The molecule has 0 aliphatic rings. The second-order valence-corrected chi connectivity index (χ2v) is 6.90. The second kappa shape index (κ2) is 7.59. The van der Waals surface area contributed by atoms with Gasteiger partial charge >= 0.3 is 5.97 Å². The summed E-state index contributed by atoms with van der Waals surface area (Å²) in [5, 5.41) is 0.471.